The van der Waals surface area contributed by atoms with Crippen molar-refractivity contribution in [2.24, 2.45) is 0 Å². The van der Waals surface area contributed by atoms with Crippen LogP contribution in [0.1, 0.15) is 35.9 Å². The normalized spacial score (nSPS) is 19.3. The Balaban J connectivity index is 0.00000231. The zero-order chi connectivity index (χ0) is 27.4. The van der Waals surface area contributed by atoms with Gasteiger partial charge in [0.15, 0.2) is 17.5 Å². The van der Waals surface area contributed by atoms with Gasteiger partial charge in [-0.3, -0.25) is 10.2 Å². The molecular weight excluding hydrogens is 641 g/mol. The molecular formula is C28H35BrCl2F2N6O2. The minimum atomic E-state index is -0.896. The summed E-state index contributed by atoms with van der Waals surface area (Å²) in [4.78, 5) is 15.6. The lowest BCUT2D eigenvalue weighted by atomic mass is 9.94. The number of aromatic nitrogens is 2. The van der Waals surface area contributed by atoms with Crippen molar-refractivity contribution in [1.29, 1.82) is 0 Å². The molecule has 2 aromatic carbocycles. The Hall–Kier alpha value is -2.28. The summed E-state index contributed by atoms with van der Waals surface area (Å²) < 4.78 is 35.5. The van der Waals surface area contributed by atoms with Crippen LogP contribution in [0.25, 0.3) is 5.69 Å². The third kappa shape index (κ3) is 7.77. The Morgan fingerprint density at radius 3 is 2.51 bits per heavy atom. The number of carbonyl (C=O) groups excluding carboxylic acids is 1. The van der Waals surface area contributed by atoms with Gasteiger partial charge in [0.1, 0.15) is 0 Å². The number of piperidine rings is 1. The standard InChI is InChI=1S/C28H33BrF2N6O2.2ClH/c1-39-14-13-36-16-21(19-7-8-22(30)23(31)15-19)24(17-36)33-28(38)34-27-25(29)26(18-9-11-32-12-10-18)35-37(27)20-5-3-2-4-6-20;;/h2-8,15,18,21,24,32H,9-14,16-17H2,1H3,(H2,33,34,38);2*1H/t21-,24+;;/m0../s1. The van der Waals surface area contributed by atoms with Crippen molar-refractivity contribution in [2.45, 2.75) is 30.7 Å². The van der Waals surface area contributed by atoms with Gasteiger partial charge in [0.05, 0.1) is 28.5 Å². The average Bonchev–Trinajstić information content (AvgIpc) is 3.50. The maximum absolute atomic E-state index is 14.1. The number of methoxy groups -OCH3 is 1. The fourth-order valence-electron chi connectivity index (χ4n) is 5.46. The Morgan fingerprint density at radius 1 is 1.10 bits per heavy atom. The minimum Gasteiger partial charge on any atom is -0.383 e. The molecule has 0 aliphatic carbocycles. The topological polar surface area (TPSA) is 83.4 Å². The van der Waals surface area contributed by atoms with Crippen LogP contribution in [0.4, 0.5) is 19.4 Å². The first-order valence-corrected chi connectivity index (χ1v) is 14.0. The molecule has 0 saturated carbocycles. The van der Waals surface area contributed by atoms with E-state index in [0.717, 1.165) is 47.9 Å². The zero-order valence-corrected chi connectivity index (χ0v) is 25.8. The molecule has 2 aliphatic rings. The van der Waals surface area contributed by atoms with Gasteiger partial charge in [0.25, 0.3) is 0 Å². The van der Waals surface area contributed by atoms with E-state index in [2.05, 4.69) is 36.8 Å². The maximum atomic E-state index is 14.1. The Morgan fingerprint density at radius 2 is 1.83 bits per heavy atom. The van der Waals surface area contributed by atoms with Crippen LogP contribution < -0.4 is 16.0 Å². The van der Waals surface area contributed by atoms with E-state index in [0.29, 0.717) is 37.6 Å². The summed E-state index contributed by atoms with van der Waals surface area (Å²) in [6.45, 7) is 4.19. The highest BCUT2D eigenvalue weighted by Crippen LogP contribution is 2.37. The predicted molar refractivity (Wildman–Crippen MR) is 164 cm³/mol. The summed E-state index contributed by atoms with van der Waals surface area (Å²) in [6, 6.07) is 12.9. The second kappa shape index (κ2) is 15.3. The van der Waals surface area contributed by atoms with E-state index in [1.54, 1.807) is 17.9 Å². The highest BCUT2D eigenvalue weighted by molar-refractivity contribution is 9.10. The van der Waals surface area contributed by atoms with Crippen LogP contribution in [0.2, 0.25) is 0 Å². The van der Waals surface area contributed by atoms with Crippen molar-refractivity contribution < 1.29 is 18.3 Å². The van der Waals surface area contributed by atoms with Gasteiger partial charge in [-0.2, -0.15) is 5.10 Å². The summed E-state index contributed by atoms with van der Waals surface area (Å²) >= 11 is 3.73. The van der Waals surface area contributed by atoms with E-state index in [1.807, 2.05) is 30.3 Å². The molecule has 224 valence electrons. The largest absolute Gasteiger partial charge is 0.383 e. The van der Waals surface area contributed by atoms with Crippen LogP contribution in [0, 0.1) is 11.6 Å². The number of rotatable bonds is 8. The highest BCUT2D eigenvalue weighted by Gasteiger charge is 2.35. The SMILES string of the molecule is COCCN1C[C@@H](NC(=O)Nc2c(Br)c(C3CCNCC3)nn2-c2ccccc2)[C@H](c2ccc(F)c(F)c2)C1.Cl.Cl. The van der Waals surface area contributed by atoms with Crippen LogP contribution >= 0.6 is 40.7 Å². The number of benzene rings is 2. The second-order valence-corrected chi connectivity index (χ2v) is 10.8. The molecule has 5 rings (SSSR count). The summed E-state index contributed by atoms with van der Waals surface area (Å²) in [6.07, 6.45) is 1.93. The fourth-order valence-corrected chi connectivity index (χ4v) is 6.13. The Bertz CT molecular complexity index is 1300. The molecule has 0 spiro atoms. The Kier molecular flexibility index (Phi) is 12.4. The number of hydrogen-bond acceptors (Lipinski definition) is 5. The third-order valence-corrected chi connectivity index (χ3v) is 8.29. The van der Waals surface area contributed by atoms with Gasteiger partial charge in [-0.1, -0.05) is 24.3 Å². The van der Waals surface area contributed by atoms with Crippen LogP contribution in [0.3, 0.4) is 0 Å². The van der Waals surface area contributed by atoms with Gasteiger partial charge >= 0.3 is 6.03 Å². The first-order chi connectivity index (χ1) is 18.9. The molecule has 3 heterocycles. The van der Waals surface area contributed by atoms with E-state index < -0.39 is 17.7 Å². The third-order valence-electron chi connectivity index (χ3n) is 7.51. The van der Waals surface area contributed by atoms with E-state index in [-0.39, 0.29) is 42.7 Å². The van der Waals surface area contributed by atoms with Gasteiger partial charge in [-0.25, -0.2) is 18.3 Å². The molecule has 0 unspecified atom stereocenters. The van der Waals surface area contributed by atoms with Crippen molar-refractivity contribution in [3.05, 3.63) is 75.9 Å². The molecule has 0 radical (unpaired) electrons. The lowest BCUT2D eigenvalue weighted by Crippen LogP contribution is -2.42. The van der Waals surface area contributed by atoms with Crippen molar-refractivity contribution in [3.8, 4) is 5.69 Å². The number of carbonyl (C=O) groups is 1. The molecule has 2 amide bonds. The van der Waals surface area contributed by atoms with Crippen molar-refractivity contribution in [1.82, 2.24) is 25.3 Å². The number of urea groups is 1. The van der Waals surface area contributed by atoms with E-state index >= 15 is 0 Å². The highest BCUT2D eigenvalue weighted by atomic mass is 79.9. The molecule has 1 aromatic heterocycles. The molecule has 2 fully saturated rings. The average molecular weight is 676 g/mol. The maximum Gasteiger partial charge on any atom is 0.320 e. The van der Waals surface area contributed by atoms with Crippen LogP contribution in [0.5, 0.6) is 0 Å². The van der Waals surface area contributed by atoms with Crippen LogP contribution in [-0.2, 0) is 4.74 Å². The molecule has 8 nitrogen and oxygen atoms in total. The van der Waals surface area contributed by atoms with E-state index in [9.17, 15) is 13.6 Å². The number of anilines is 1. The minimum absolute atomic E-state index is 0. The summed E-state index contributed by atoms with van der Waals surface area (Å²) in [5.74, 6) is -1.18. The first-order valence-electron chi connectivity index (χ1n) is 13.2. The summed E-state index contributed by atoms with van der Waals surface area (Å²) in [7, 11) is 1.64. The molecule has 2 atom stereocenters. The fraction of sp³-hybridized carbons (Fsp3) is 0.429. The molecule has 0 bridgehead atoms. The summed E-state index contributed by atoms with van der Waals surface area (Å²) in [5.41, 5.74) is 2.39. The molecule has 3 aromatic rings. The van der Waals surface area contributed by atoms with Gasteiger partial charge in [0.2, 0.25) is 0 Å². The van der Waals surface area contributed by atoms with Crippen molar-refractivity contribution in [3.63, 3.8) is 0 Å². The van der Waals surface area contributed by atoms with Crippen LogP contribution in [0.15, 0.2) is 53.0 Å². The lowest BCUT2D eigenvalue weighted by molar-refractivity contribution is 0.159. The molecule has 3 N–H and O–H groups in total. The Labute approximate surface area is 259 Å². The van der Waals surface area contributed by atoms with E-state index in [4.69, 9.17) is 9.84 Å². The van der Waals surface area contributed by atoms with Crippen molar-refractivity contribution >= 4 is 52.6 Å². The van der Waals surface area contributed by atoms with Crippen LogP contribution in [-0.4, -0.2) is 73.2 Å². The summed E-state index contributed by atoms with van der Waals surface area (Å²) in [5, 5.41) is 14.4. The number of ether oxygens (including phenoxy) is 1. The molecule has 41 heavy (non-hydrogen) atoms. The van der Waals surface area contributed by atoms with Crippen molar-refractivity contribution in [2.75, 3.05) is 51.8 Å². The lowest BCUT2D eigenvalue weighted by Gasteiger charge is -2.21. The zero-order valence-electron chi connectivity index (χ0n) is 22.6. The quantitative estimate of drug-likeness (QED) is 0.296. The van der Waals surface area contributed by atoms with Gasteiger partial charge in [-0.15, -0.1) is 24.8 Å². The number of halogens is 5. The molecule has 13 heteroatoms. The number of amides is 2. The second-order valence-electron chi connectivity index (χ2n) is 10.1. The van der Waals surface area contributed by atoms with Gasteiger partial charge < -0.3 is 15.4 Å². The molecule has 2 saturated heterocycles. The number of nitrogens with zero attached hydrogens (tertiary/aromatic N) is 3. The van der Waals surface area contributed by atoms with Gasteiger partial charge in [0, 0.05) is 38.6 Å². The number of para-hydroxylation sites is 1. The smallest absolute Gasteiger partial charge is 0.320 e. The predicted octanol–water partition coefficient (Wildman–Crippen LogP) is 5.46. The first kappa shape index (κ1) is 33.2. The van der Waals surface area contributed by atoms with E-state index in [1.165, 1.54) is 6.07 Å². The molecule has 2 aliphatic heterocycles. The number of likely N-dealkylation sites (tertiary alicyclic amines) is 1. The number of nitrogens with one attached hydrogen (secondary N) is 3. The monoisotopic (exact) mass is 674 g/mol. The van der Waals surface area contributed by atoms with Gasteiger partial charge in [-0.05, 0) is 71.7 Å². The number of hydrogen-bond donors (Lipinski definition) is 3.